The number of carbonyl (C=O) groups is 2. The van der Waals surface area contributed by atoms with E-state index in [0.717, 1.165) is 5.56 Å². The quantitative estimate of drug-likeness (QED) is 0.928. The van der Waals surface area contributed by atoms with Crippen LogP contribution in [-0.4, -0.2) is 29.8 Å². The van der Waals surface area contributed by atoms with Crippen LogP contribution in [0.5, 0.6) is 0 Å². The molecule has 1 fully saturated rings. The van der Waals surface area contributed by atoms with Crippen molar-refractivity contribution in [2.24, 2.45) is 11.3 Å². The van der Waals surface area contributed by atoms with E-state index < -0.39 is 5.41 Å². The molecule has 1 atom stereocenters. The van der Waals surface area contributed by atoms with Gasteiger partial charge in [0.05, 0.1) is 0 Å². The Kier molecular flexibility index (Phi) is 4.84. The topological polar surface area (TPSA) is 49.4 Å². The van der Waals surface area contributed by atoms with Gasteiger partial charge in [-0.05, 0) is 17.7 Å². The normalized spacial score (nSPS) is 18.6. The van der Waals surface area contributed by atoms with Crippen molar-refractivity contribution in [3.05, 3.63) is 35.6 Å². The average molecular weight is 306 g/mol. The van der Waals surface area contributed by atoms with Gasteiger partial charge in [-0.1, -0.05) is 32.9 Å². The molecule has 0 aliphatic carbocycles. The van der Waals surface area contributed by atoms with Crippen molar-refractivity contribution in [2.45, 2.75) is 33.7 Å². The Labute approximate surface area is 130 Å². The molecule has 0 saturated carbocycles. The molecule has 120 valence electrons. The Morgan fingerprint density at radius 3 is 2.55 bits per heavy atom. The monoisotopic (exact) mass is 306 g/mol. The molecule has 1 aromatic carbocycles. The lowest BCUT2D eigenvalue weighted by Gasteiger charge is -2.20. The van der Waals surface area contributed by atoms with Crippen LogP contribution < -0.4 is 5.32 Å². The molecule has 0 spiro atoms. The van der Waals surface area contributed by atoms with E-state index in [0.29, 0.717) is 26.1 Å². The fraction of sp³-hybridized carbons (Fsp3) is 0.529. The Hall–Kier alpha value is -1.91. The van der Waals surface area contributed by atoms with Gasteiger partial charge in [-0.15, -0.1) is 0 Å². The Bertz CT molecular complexity index is 549. The van der Waals surface area contributed by atoms with Crippen molar-refractivity contribution < 1.29 is 14.0 Å². The highest BCUT2D eigenvalue weighted by Gasteiger charge is 2.30. The fourth-order valence-electron chi connectivity index (χ4n) is 2.46. The largest absolute Gasteiger partial charge is 0.355 e. The lowest BCUT2D eigenvalue weighted by atomic mass is 9.95. The van der Waals surface area contributed by atoms with Crippen LogP contribution in [0.1, 0.15) is 32.8 Å². The molecule has 1 aromatic rings. The molecule has 2 amide bonds. The molecule has 0 radical (unpaired) electrons. The fourth-order valence-corrected chi connectivity index (χ4v) is 2.46. The molecule has 5 heteroatoms. The summed E-state index contributed by atoms with van der Waals surface area (Å²) >= 11 is 0. The number of benzene rings is 1. The zero-order chi connectivity index (χ0) is 16.3. The molecular weight excluding hydrogens is 283 g/mol. The molecule has 1 saturated heterocycles. The Morgan fingerprint density at radius 2 is 1.95 bits per heavy atom. The summed E-state index contributed by atoms with van der Waals surface area (Å²) in [5.41, 5.74) is 0.491. The summed E-state index contributed by atoms with van der Waals surface area (Å²) < 4.78 is 12.9. The predicted molar refractivity (Wildman–Crippen MR) is 82.4 cm³/mol. The predicted octanol–water partition coefficient (Wildman–Crippen LogP) is 2.34. The van der Waals surface area contributed by atoms with E-state index in [2.05, 4.69) is 5.32 Å². The SMILES string of the molecule is CC(C)(C)C(=O)NCC1CC(=O)N(Cc2ccc(F)cc2)C1. The van der Waals surface area contributed by atoms with Crippen molar-refractivity contribution in [2.75, 3.05) is 13.1 Å². The van der Waals surface area contributed by atoms with E-state index in [-0.39, 0.29) is 23.5 Å². The van der Waals surface area contributed by atoms with Crippen LogP contribution in [0.25, 0.3) is 0 Å². The second-order valence-corrected chi connectivity index (χ2v) is 6.93. The third-order valence-electron chi connectivity index (χ3n) is 3.81. The van der Waals surface area contributed by atoms with Gasteiger partial charge in [0, 0.05) is 37.4 Å². The van der Waals surface area contributed by atoms with Crippen LogP contribution in [0.2, 0.25) is 0 Å². The first kappa shape index (κ1) is 16.5. The van der Waals surface area contributed by atoms with E-state index >= 15 is 0 Å². The van der Waals surface area contributed by atoms with Crippen LogP contribution in [0.4, 0.5) is 4.39 Å². The van der Waals surface area contributed by atoms with Crippen LogP contribution in [0.3, 0.4) is 0 Å². The number of nitrogens with one attached hydrogen (secondary N) is 1. The van der Waals surface area contributed by atoms with Crippen LogP contribution >= 0.6 is 0 Å². The average Bonchev–Trinajstić information content (AvgIpc) is 2.78. The molecule has 1 aliphatic heterocycles. The summed E-state index contributed by atoms with van der Waals surface area (Å²) in [6.45, 7) is 7.22. The molecule has 1 heterocycles. The van der Waals surface area contributed by atoms with E-state index in [1.807, 2.05) is 20.8 Å². The van der Waals surface area contributed by atoms with Crippen LogP contribution in [0.15, 0.2) is 24.3 Å². The number of nitrogens with zero attached hydrogens (tertiary/aromatic N) is 1. The first-order valence-electron chi connectivity index (χ1n) is 7.56. The first-order valence-corrected chi connectivity index (χ1v) is 7.56. The summed E-state index contributed by atoms with van der Waals surface area (Å²) in [5.74, 6) is -0.0604. The van der Waals surface area contributed by atoms with Crippen LogP contribution in [0, 0.1) is 17.2 Å². The summed E-state index contributed by atoms with van der Waals surface area (Å²) in [6.07, 6.45) is 0.450. The molecule has 1 aliphatic rings. The second-order valence-electron chi connectivity index (χ2n) is 6.93. The number of halogens is 1. The van der Waals surface area contributed by atoms with Crippen molar-refractivity contribution in [1.82, 2.24) is 10.2 Å². The van der Waals surface area contributed by atoms with E-state index in [1.54, 1.807) is 17.0 Å². The number of carbonyl (C=O) groups excluding carboxylic acids is 2. The highest BCUT2D eigenvalue weighted by Crippen LogP contribution is 2.20. The standard InChI is InChI=1S/C17H23FN2O2/c1-17(2,3)16(22)19-9-13-8-15(21)20(11-13)10-12-4-6-14(18)7-5-12/h4-7,13H,8-11H2,1-3H3,(H,19,22). The van der Waals surface area contributed by atoms with Crippen molar-refractivity contribution in [3.63, 3.8) is 0 Å². The van der Waals surface area contributed by atoms with Gasteiger partial charge < -0.3 is 10.2 Å². The molecule has 2 rings (SSSR count). The van der Waals surface area contributed by atoms with E-state index in [1.165, 1.54) is 12.1 Å². The molecule has 1 unspecified atom stereocenters. The summed E-state index contributed by atoms with van der Waals surface area (Å²) in [4.78, 5) is 25.7. The molecule has 4 nitrogen and oxygen atoms in total. The zero-order valence-electron chi connectivity index (χ0n) is 13.4. The highest BCUT2D eigenvalue weighted by molar-refractivity contribution is 5.82. The van der Waals surface area contributed by atoms with E-state index in [4.69, 9.17) is 0 Å². The lowest BCUT2D eigenvalue weighted by molar-refractivity contribution is -0.129. The van der Waals surface area contributed by atoms with Crippen molar-refractivity contribution in [3.8, 4) is 0 Å². The second kappa shape index (κ2) is 6.46. The summed E-state index contributed by atoms with van der Waals surface area (Å²) in [6, 6.07) is 6.18. The maximum absolute atomic E-state index is 12.9. The summed E-state index contributed by atoms with van der Waals surface area (Å²) in [7, 11) is 0. The molecule has 1 N–H and O–H groups in total. The maximum atomic E-state index is 12.9. The maximum Gasteiger partial charge on any atom is 0.225 e. The van der Waals surface area contributed by atoms with Gasteiger partial charge in [0.25, 0.3) is 0 Å². The van der Waals surface area contributed by atoms with Gasteiger partial charge >= 0.3 is 0 Å². The smallest absolute Gasteiger partial charge is 0.225 e. The molecule has 0 aromatic heterocycles. The number of likely N-dealkylation sites (tertiary alicyclic amines) is 1. The van der Waals surface area contributed by atoms with Crippen LogP contribution in [-0.2, 0) is 16.1 Å². The van der Waals surface area contributed by atoms with Crippen molar-refractivity contribution in [1.29, 1.82) is 0 Å². The highest BCUT2D eigenvalue weighted by atomic mass is 19.1. The third kappa shape index (κ3) is 4.29. The molecular formula is C17H23FN2O2. The van der Waals surface area contributed by atoms with E-state index in [9.17, 15) is 14.0 Å². The van der Waals surface area contributed by atoms with Gasteiger partial charge in [-0.25, -0.2) is 4.39 Å². The Morgan fingerprint density at radius 1 is 1.32 bits per heavy atom. The minimum atomic E-state index is -0.420. The zero-order valence-corrected chi connectivity index (χ0v) is 13.4. The van der Waals surface area contributed by atoms with Gasteiger partial charge in [-0.2, -0.15) is 0 Å². The minimum Gasteiger partial charge on any atom is -0.355 e. The number of hydrogen-bond donors (Lipinski definition) is 1. The number of rotatable bonds is 4. The molecule has 22 heavy (non-hydrogen) atoms. The van der Waals surface area contributed by atoms with Gasteiger partial charge in [0.2, 0.25) is 11.8 Å². The van der Waals surface area contributed by atoms with Gasteiger partial charge in [0.15, 0.2) is 0 Å². The lowest BCUT2D eigenvalue weighted by Crippen LogP contribution is -2.38. The minimum absolute atomic E-state index is 0.00284. The number of amides is 2. The molecule has 0 bridgehead atoms. The van der Waals surface area contributed by atoms with Crippen molar-refractivity contribution >= 4 is 11.8 Å². The van der Waals surface area contributed by atoms with Gasteiger partial charge in [0.1, 0.15) is 5.82 Å². The number of hydrogen-bond acceptors (Lipinski definition) is 2. The summed E-state index contributed by atoms with van der Waals surface area (Å²) in [5, 5.41) is 2.91. The first-order chi connectivity index (χ1) is 10.3. The van der Waals surface area contributed by atoms with Gasteiger partial charge in [-0.3, -0.25) is 9.59 Å². The Balaban J connectivity index is 1.85. The third-order valence-corrected chi connectivity index (χ3v) is 3.81.